The van der Waals surface area contributed by atoms with E-state index >= 15 is 0 Å². The molecule has 0 spiro atoms. The maximum atomic E-state index is 5.22. The van der Waals surface area contributed by atoms with E-state index in [2.05, 4.69) is 54.9 Å². The summed E-state index contributed by atoms with van der Waals surface area (Å²) in [5, 5.41) is 2.43. The molecular formula is C14H17NOS. The minimum atomic E-state index is 0.858. The van der Waals surface area contributed by atoms with Crippen molar-refractivity contribution in [2.45, 2.75) is 0 Å². The molecule has 0 aromatic heterocycles. The number of anilines is 1. The van der Waals surface area contributed by atoms with Gasteiger partial charge in [0, 0.05) is 25.0 Å². The first-order valence-corrected chi connectivity index (χ1v) is 6.27. The van der Waals surface area contributed by atoms with Gasteiger partial charge in [-0.3, -0.25) is 0 Å². The minimum absolute atomic E-state index is 0.858. The molecule has 0 radical (unpaired) electrons. The number of ether oxygens (including phenoxy) is 1. The molecule has 2 rings (SSSR count). The van der Waals surface area contributed by atoms with Crippen LogP contribution in [0.4, 0.5) is 5.69 Å². The predicted octanol–water partition coefficient (Wildman–Crippen LogP) is 3.21. The van der Waals surface area contributed by atoms with Crippen LogP contribution in [0.5, 0.6) is 5.75 Å². The summed E-state index contributed by atoms with van der Waals surface area (Å²) in [6.45, 7) is 0.949. The van der Waals surface area contributed by atoms with Crippen LogP contribution in [0.3, 0.4) is 0 Å². The van der Waals surface area contributed by atoms with Crippen LogP contribution in [0.15, 0.2) is 36.4 Å². The Bertz CT molecular complexity index is 513. The molecule has 0 aliphatic heterocycles. The number of hydrogen-bond acceptors (Lipinski definition) is 3. The second-order valence-corrected chi connectivity index (χ2v) is 4.49. The lowest BCUT2D eigenvalue weighted by Gasteiger charge is -2.18. The fourth-order valence-electron chi connectivity index (χ4n) is 1.85. The normalized spacial score (nSPS) is 10.5. The van der Waals surface area contributed by atoms with Gasteiger partial charge in [-0.25, -0.2) is 0 Å². The summed E-state index contributed by atoms with van der Waals surface area (Å²) in [6.07, 6.45) is 0. The highest BCUT2D eigenvalue weighted by Gasteiger charge is 2.02. The molecule has 2 nitrogen and oxygen atoms in total. The van der Waals surface area contributed by atoms with Crippen molar-refractivity contribution in [1.82, 2.24) is 0 Å². The van der Waals surface area contributed by atoms with Crippen LogP contribution < -0.4 is 9.64 Å². The summed E-state index contributed by atoms with van der Waals surface area (Å²) in [5.74, 6) is 1.76. The number of methoxy groups -OCH3 is 1. The van der Waals surface area contributed by atoms with Crippen molar-refractivity contribution >= 4 is 29.1 Å². The molecule has 2 aromatic carbocycles. The molecule has 17 heavy (non-hydrogen) atoms. The lowest BCUT2D eigenvalue weighted by molar-refractivity contribution is 0.415. The first-order valence-electron chi connectivity index (χ1n) is 5.64. The van der Waals surface area contributed by atoms with Gasteiger partial charge in [-0.15, -0.1) is 0 Å². The summed E-state index contributed by atoms with van der Waals surface area (Å²) < 4.78 is 5.22. The number of rotatable bonds is 4. The van der Waals surface area contributed by atoms with Crippen LogP contribution >= 0.6 is 12.6 Å². The molecule has 2 aromatic rings. The number of hydrogen-bond donors (Lipinski definition) is 1. The molecule has 0 unspecified atom stereocenters. The van der Waals surface area contributed by atoms with Crippen LogP contribution in [0.25, 0.3) is 10.8 Å². The number of nitrogens with zero attached hydrogens (tertiary/aromatic N) is 1. The van der Waals surface area contributed by atoms with Crippen molar-refractivity contribution in [2.75, 3.05) is 31.4 Å². The van der Waals surface area contributed by atoms with Crippen LogP contribution in [-0.4, -0.2) is 26.5 Å². The Labute approximate surface area is 108 Å². The molecule has 0 aliphatic carbocycles. The molecule has 0 aliphatic rings. The van der Waals surface area contributed by atoms with Gasteiger partial charge in [0.25, 0.3) is 0 Å². The molecule has 0 saturated heterocycles. The molecule has 0 atom stereocenters. The zero-order chi connectivity index (χ0) is 12.3. The zero-order valence-electron chi connectivity index (χ0n) is 10.2. The van der Waals surface area contributed by atoms with E-state index in [0.29, 0.717) is 0 Å². The van der Waals surface area contributed by atoms with Gasteiger partial charge in [0.15, 0.2) is 0 Å². The molecule has 0 heterocycles. The highest BCUT2D eigenvalue weighted by molar-refractivity contribution is 7.80. The lowest BCUT2D eigenvalue weighted by Crippen LogP contribution is -2.19. The summed E-state index contributed by atoms with van der Waals surface area (Å²) >= 11 is 4.25. The van der Waals surface area contributed by atoms with Crippen molar-refractivity contribution in [2.24, 2.45) is 0 Å². The van der Waals surface area contributed by atoms with E-state index in [-0.39, 0.29) is 0 Å². The monoisotopic (exact) mass is 247 g/mol. The summed E-state index contributed by atoms with van der Waals surface area (Å²) in [7, 11) is 3.77. The third-order valence-electron chi connectivity index (χ3n) is 2.91. The van der Waals surface area contributed by atoms with E-state index in [0.717, 1.165) is 18.0 Å². The molecule has 0 saturated carbocycles. The maximum absolute atomic E-state index is 5.22. The molecule has 0 bridgehead atoms. The number of fused-ring (bicyclic) bond motifs is 1. The second-order valence-electron chi connectivity index (χ2n) is 4.04. The van der Waals surface area contributed by atoms with Gasteiger partial charge >= 0.3 is 0 Å². The van der Waals surface area contributed by atoms with Gasteiger partial charge in [0.2, 0.25) is 0 Å². The summed E-state index contributed by atoms with van der Waals surface area (Å²) in [6, 6.07) is 12.6. The predicted molar refractivity (Wildman–Crippen MR) is 77.6 cm³/mol. The first kappa shape index (κ1) is 12.1. The van der Waals surface area contributed by atoms with Gasteiger partial charge in [-0.05, 0) is 35.0 Å². The Morgan fingerprint density at radius 1 is 1.12 bits per heavy atom. The highest BCUT2D eigenvalue weighted by atomic mass is 32.1. The van der Waals surface area contributed by atoms with E-state index < -0.39 is 0 Å². The first-order chi connectivity index (χ1) is 8.24. The van der Waals surface area contributed by atoms with Gasteiger partial charge < -0.3 is 9.64 Å². The average molecular weight is 247 g/mol. The van der Waals surface area contributed by atoms with E-state index in [4.69, 9.17) is 4.74 Å². The van der Waals surface area contributed by atoms with Crippen molar-refractivity contribution in [3.63, 3.8) is 0 Å². The number of benzene rings is 2. The quantitative estimate of drug-likeness (QED) is 0.833. The highest BCUT2D eigenvalue weighted by Crippen LogP contribution is 2.25. The van der Waals surface area contributed by atoms with Gasteiger partial charge in [-0.1, -0.05) is 12.1 Å². The Kier molecular flexibility index (Phi) is 3.79. The standard InChI is InChI=1S/C14H17NOS/c1-15(7-8-17)13-5-3-12-10-14(16-2)6-4-11(12)9-13/h3-6,9-10,17H,7-8H2,1-2H3. The third kappa shape index (κ3) is 2.67. The molecule has 0 fully saturated rings. The van der Waals surface area contributed by atoms with Gasteiger partial charge in [0.05, 0.1) is 7.11 Å². The Morgan fingerprint density at radius 2 is 1.82 bits per heavy atom. The Morgan fingerprint density at radius 3 is 2.53 bits per heavy atom. The Hall–Kier alpha value is -1.35. The fraction of sp³-hybridized carbons (Fsp3) is 0.286. The summed E-state index contributed by atoms with van der Waals surface area (Å²) in [4.78, 5) is 2.21. The maximum Gasteiger partial charge on any atom is 0.119 e. The van der Waals surface area contributed by atoms with E-state index in [1.54, 1.807) is 7.11 Å². The molecule has 0 N–H and O–H groups in total. The third-order valence-corrected chi connectivity index (χ3v) is 3.11. The van der Waals surface area contributed by atoms with E-state index in [9.17, 15) is 0 Å². The molecule has 0 amide bonds. The summed E-state index contributed by atoms with van der Waals surface area (Å²) in [5.41, 5.74) is 1.22. The Balaban J connectivity index is 2.37. The fourth-order valence-corrected chi connectivity index (χ4v) is 2.15. The average Bonchev–Trinajstić information content (AvgIpc) is 2.37. The van der Waals surface area contributed by atoms with Crippen molar-refractivity contribution in [1.29, 1.82) is 0 Å². The molecular weight excluding hydrogens is 230 g/mol. The van der Waals surface area contributed by atoms with Crippen LogP contribution in [0, 0.1) is 0 Å². The lowest BCUT2D eigenvalue weighted by atomic mass is 10.1. The smallest absolute Gasteiger partial charge is 0.119 e. The molecule has 3 heteroatoms. The largest absolute Gasteiger partial charge is 0.497 e. The van der Waals surface area contributed by atoms with Crippen LogP contribution in [0.1, 0.15) is 0 Å². The SMILES string of the molecule is COc1ccc2cc(N(C)CCS)ccc2c1. The topological polar surface area (TPSA) is 12.5 Å². The van der Waals surface area contributed by atoms with Crippen molar-refractivity contribution in [3.8, 4) is 5.75 Å². The van der Waals surface area contributed by atoms with Crippen LogP contribution in [0.2, 0.25) is 0 Å². The van der Waals surface area contributed by atoms with Gasteiger partial charge in [0.1, 0.15) is 5.75 Å². The van der Waals surface area contributed by atoms with E-state index in [1.807, 2.05) is 6.07 Å². The second kappa shape index (κ2) is 5.32. The van der Waals surface area contributed by atoms with Crippen LogP contribution in [-0.2, 0) is 0 Å². The number of thiol groups is 1. The zero-order valence-corrected chi connectivity index (χ0v) is 11.1. The molecule has 90 valence electrons. The minimum Gasteiger partial charge on any atom is -0.497 e. The van der Waals surface area contributed by atoms with Crippen molar-refractivity contribution < 1.29 is 4.74 Å². The van der Waals surface area contributed by atoms with E-state index in [1.165, 1.54) is 16.5 Å². The van der Waals surface area contributed by atoms with Gasteiger partial charge in [-0.2, -0.15) is 12.6 Å². The van der Waals surface area contributed by atoms with Crippen molar-refractivity contribution in [3.05, 3.63) is 36.4 Å².